The van der Waals surface area contributed by atoms with Gasteiger partial charge in [-0.1, -0.05) is 12.1 Å². The monoisotopic (exact) mass is 541 g/mol. The molecule has 1 amide bonds. The van der Waals surface area contributed by atoms with Gasteiger partial charge in [-0.05, 0) is 74.8 Å². The fourth-order valence-corrected chi connectivity index (χ4v) is 5.94. The van der Waals surface area contributed by atoms with E-state index in [0.29, 0.717) is 17.6 Å². The third-order valence-corrected chi connectivity index (χ3v) is 8.56. The molecule has 1 N–H and O–H groups in total. The molecule has 2 saturated carbocycles. The Labute approximate surface area is 233 Å². The molecule has 40 heavy (non-hydrogen) atoms. The van der Waals surface area contributed by atoms with E-state index in [1.165, 1.54) is 12.8 Å². The second-order valence-corrected chi connectivity index (χ2v) is 11.3. The number of amides is 1. The van der Waals surface area contributed by atoms with Crippen molar-refractivity contribution in [3.8, 4) is 28.3 Å². The first-order valence-electron chi connectivity index (χ1n) is 14.5. The lowest BCUT2D eigenvalue weighted by Gasteiger charge is -2.30. The molecule has 1 aliphatic heterocycles. The average molecular weight is 542 g/mol. The number of nitrogens with zero attached hydrogens (tertiary/aromatic N) is 2. The van der Waals surface area contributed by atoms with Crippen LogP contribution in [0.25, 0.3) is 33.4 Å². The highest BCUT2D eigenvalue weighted by Gasteiger charge is 2.31. The maximum Gasteiger partial charge on any atom is 0.411 e. The number of aromatic nitrogens is 2. The molecule has 8 nitrogen and oxygen atoms in total. The first kappa shape index (κ1) is 25.2. The van der Waals surface area contributed by atoms with Crippen LogP contribution >= 0.6 is 0 Å². The minimum atomic E-state index is -0.406. The molecule has 2 aromatic heterocycles. The quantitative estimate of drug-likeness (QED) is 0.247. The maximum absolute atomic E-state index is 12.4. The van der Waals surface area contributed by atoms with E-state index in [2.05, 4.69) is 45.2 Å². The van der Waals surface area contributed by atoms with Crippen molar-refractivity contribution in [2.24, 2.45) is 5.92 Å². The van der Waals surface area contributed by atoms with Crippen LogP contribution in [0.5, 0.6) is 5.75 Å². The third kappa shape index (κ3) is 4.96. The molecule has 2 aromatic carbocycles. The summed E-state index contributed by atoms with van der Waals surface area (Å²) in [5.41, 5.74) is 5.86. The van der Waals surface area contributed by atoms with Crippen LogP contribution < -0.4 is 10.1 Å². The molecule has 7 rings (SSSR count). The number of carbonyl (C=O) groups is 1. The van der Waals surface area contributed by atoms with Crippen molar-refractivity contribution < 1.29 is 23.4 Å². The molecule has 0 spiro atoms. The van der Waals surface area contributed by atoms with Crippen LogP contribution in [-0.4, -0.2) is 41.1 Å². The number of rotatable bonds is 8. The molecule has 0 bridgehead atoms. The van der Waals surface area contributed by atoms with Gasteiger partial charge in [-0.25, -0.2) is 9.78 Å². The van der Waals surface area contributed by atoms with Gasteiger partial charge in [0.05, 0.1) is 24.4 Å². The zero-order valence-corrected chi connectivity index (χ0v) is 22.8. The van der Waals surface area contributed by atoms with Crippen LogP contribution in [0.2, 0.25) is 0 Å². The van der Waals surface area contributed by atoms with E-state index in [9.17, 15) is 4.79 Å². The van der Waals surface area contributed by atoms with Crippen molar-refractivity contribution in [1.82, 2.24) is 9.55 Å². The molecule has 1 atom stereocenters. The van der Waals surface area contributed by atoms with Gasteiger partial charge < -0.3 is 23.2 Å². The lowest BCUT2D eigenvalue weighted by Crippen LogP contribution is -2.25. The first-order valence-corrected chi connectivity index (χ1v) is 14.5. The Balaban J connectivity index is 1.26. The zero-order valence-electron chi connectivity index (χ0n) is 22.8. The number of anilines is 1. The number of nitrogens with one attached hydrogen (secondary N) is 1. The molecular formula is C32H35N3O5. The van der Waals surface area contributed by atoms with Crippen LogP contribution in [0.3, 0.4) is 0 Å². The summed E-state index contributed by atoms with van der Waals surface area (Å²) in [7, 11) is 0. The molecule has 8 heteroatoms. The summed E-state index contributed by atoms with van der Waals surface area (Å²) < 4.78 is 25.4. The van der Waals surface area contributed by atoms with Gasteiger partial charge in [-0.2, -0.15) is 0 Å². The molecule has 208 valence electrons. The molecule has 3 heterocycles. The van der Waals surface area contributed by atoms with Gasteiger partial charge in [0.25, 0.3) is 0 Å². The van der Waals surface area contributed by atoms with E-state index in [-0.39, 0.29) is 12.2 Å². The summed E-state index contributed by atoms with van der Waals surface area (Å²) >= 11 is 0. The van der Waals surface area contributed by atoms with Gasteiger partial charge in [0.1, 0.15) is 29.9 Å². The van der Waals surface area contributed by atoms with Gasteiger partial charge >= 0.3 is 6.09 Å². The van der Waals surface area contributed by atoms with Gasteiger partial charge in [-0.15, -0.1) is 0 Å². The number of carbonyl (C=O) groups excluding carboxylic acids is 1. The Hall–Kier alpha value is -3.78. The standard InChI is InChI=1S/C32H35N3O5/c1-20(21-5-6-21)39-32(36)34-23-9-7-22(8-10-23)31-30(28-18-38-19-33-28)27-12-11-26(40-25-13-15-37-16-14-25)17-29(27)35(31)24-3-2-4-24/h7-12,17-21,24-25H,2-6,13-16H2,1H3,(H,34,36). The molecule has 3 fully saturated rings. The van der Waals surface area contributed by atoms with E-state index in [4.69, 9.17) is 18.6 Å². The lowest BCUT2D eigenvalue weighted by atomic mass is 9.92. The van der Waals surface area contributed by atoms with E-state index in [1.807, 2.05) is 19.1 Å². The normalized spacial score (nSPS) is 18.8. The van der Waals surface area contributed by atoms with Crippen LogP contribution in [0.4, 0.5) is 10.5 Å². The molecule has 2 aliphatic carbocycles. The maximum atomic E-state index is 12.4. The van der Waals surface area contributed by atoms with Crippen molar-refractivity contribution in [3.05, 3.63) is 55.1 Å². The first-order chi connectivity index (χ1) is 19.6. The van der Waals surface area contributed by atoms with Gasteiger partial charge in [0.15, 0.2) is 6.39 Å². The smallest absolute Gasteiger partial charge is 0.411 e. The van der Waals surface area contributed by atoms with E-state index < -0.39 is 6.09 Å². The topological polar surface area (TPSA) is 87.8 Å². The zero-order chi connectivity index (χ0) is 27.1. The number of benzene rings is 2. The average Bonchev–Trinajstić information content (AvgIpc) is 3.56. The predicted molar refractivity (Wildman–Crippen MR) is 153 cm³/mol. The molecule has 3 aliphatic rings. The predicted octanol–water partition coefficient (Wildman–Crippen LogP) is 7.59. The molecule has 1 unspecified atom stereocenters. The summed E-state index contributed by atoms with van der Waals surface area (Å²) in [4.78, 5) is 17.0. The Bertz CT molecular complexity index is 1480. The summed E-state index contributed by atoms with van der Waals surface area (Å²) in [6.45, 7) is 3.45. The SMILES string of the molecule is CC(OC(=O)Nc1ccc(-c2c(-c3cocn3)c3ccc(OC4CCOCC4)cc3n2C2CCC2)cc1)C1CC1. The summed E-state index contributed by atoms with van der Waals surface area (Å²) in [5.74, 6) is 1.38. The van der Waals surface area contributed by atoms with Gasteiger partial charge in [0, 0.05) is 41.6 Å². The fraction of sp³-hybridized carbons (Fsp3) is 0.438. The molecule has 1 saturated heterocycles. The lowest BCUT2D eigenvalue weighted by molar-refractivity contribution is 0.0256. The Kier molecular flexibility index (Phi) is 6.71. The number of hydrogen-bond acceptors (Lipinski definition) is 6. The highest BCUT2D eigenvalue weighted by molar-refractivity contribution is 6.04. The number of hydrogen-bond donors (Lipinski definition) is 1. The number of oxazole rings is 1. The Morgan fingerprint density at radius 3 is 2.52 bits per heavy atom. The number of fused-ring (bicyclic) bond motifs is 1. The fourth-order valence-electron chi connectivity index (χ4n) is 5.94. The highest BCUT2D eigenvalue weighted by atomic mass is 16.6. The molecular weight excluding hydrogens is 506 g/mol. The van der Waals surface area contributed by atoms with Crippen molar-refractivity contribution >= 4 is 22.7 Å². The van der Waals surface area contributed by atoms with Crippen LogP contribution in [0, 0.1) is 5.92 Å². The largest absolute Gasteiger partial charge is 0.490 e. The third-order valence-electron chi connectivity index (χ3n) is 8.56. The van der Waals surface area contributed by atoms with Crippen molar-refractivity contribution in [3.63, 3.8) is 0 Å². The minimum absolute atomic E-state index is 0.0530. The molecule has 4 aromatic rings. The van der Waals surface area contributed by atoms with Crippen LogP contribution in [-0.2, 0) is 9.47 Å². The van der Waals surface area contributed by atoms with Gasteiger partial charge in [-0.3, -0.25) is 5.32 Å². The van der Waals surface area contributed by atoms with Crippen molar-refractivity contribution in [1.29, 1.82) is 0 Å². The van der Waals surface area contributed by atoms with Crippen LogP contribution in [0.1, 0.15) is 57.9 Å². The summed E-state index contributed by atoms with van der Waals surface area (Å²) in [6, 6.07) is 14.8. The van der Waals surface area contributed by atoms with Crippen molar-refractivity contribution in [2.45, 2.75) is 70.1 Å². The van der Waals surface area contributed by atoms with Crippen LogP contribution in [0.15, 0.2) is 59.5 Å². The second-order valence-electron chi connectivity index (χ2n) is 11.3. The molecule has 0 radical (unpaired) electrons. The second kappa shape index (κ2) is 10.7. The van der Waals surface area contributed by atoms with Gasteiger partial charge in [0.2, 0.25) is 0 Å². The van der Waals surface area contributed by atoms with Crippen molar-refractivity contribution in [2.75, 3.05) is 18.5 Å². The van der Waals surface area contributed by atoms with E-state index >= 15 is 0 Å². The minimum Gasteiger partial charge on any atom is -0.490 e. The van der Waals surface area contributed by atoms with E-state index in [1.54, 1.807) is 6.26 Å². The van der Waals surface area contributed by atoms with E-state index in [0.717, 1.165) is 90.9 Å². The summed E-state index contributed by atoms with van der Waals surface area (Å²) in [5, 5.41) is 4.01. The Morgan fingerprint density at radius 2 is 1.85 bits per heavy atom. The highest BCUT2D eigenvalue weighted by Crippen LogP contribution is 2.47. The Morgan fingerprint density at radius 1 is 1.05 bits per heavy atom. The summed E-state index contributed by atoms with van der Waals surface area (Å²) in [6.07, 6.45) is 10.5. The number of ether oxygens (including phenoxy) is 3.